The van der Waals surface area contributed by atoms with Gasteiger partial charge < -0.3 is 14.2 Å². The van der Waals surface area contributed by atoms with Gasteiger partial charge in [-0.3, -0.25) is 14.4 Å². The molecule has 0 aromatic heterocycles. The minimum Gasteiger partial charge on any atom is -0.462 e. The van der Waals surface area contributed by atoms with Crippen LogP contribution in [0.5, 0.6) is 0 Å². The Bertz CT molecular complexity index is 1010. The molecule has 0 radical (unpaired) electrons. The number of esters is 3. The Hall–Kier alpha value is -1.85. The molecule has 65 heavy (non-hydrogen) atoms. The number of ether oxygens (including phenoxy) is 3. The Morgan fingerprint density at radius 3 is 0.769 bits per heavy atom. The molecule has 0 spiro atoms. The summed E-state index contributed by atoms with van der Waals surface area (Å²) in [5, 5.41) is 0. The van der Waals surface area contributed by atoms with Crippen LogP contribution in [0.2, 0.25) is 0 Å². The third-order valence-electron chi connectivity index (χ3n) is 13.3. The second-order valence-electron chi connectivity index (χ2n) is 19.9. The van der Waals surface area contributed by atoms with Crippen molar-refractivity contribution in [2.75, 3.05) is 13.2 Å². The van der Waals surface area contributed by atoms with Gasteiger partial charge in [0.05, 0.1) is 0 Å². The van der Waals surface area contributed by atoms with Crippen molar-refractivity contribution in [3.8, 4) is 0 Å². The highest BCUT2D eigenvalue weighted by atomic mass is 16.6. The standard InChI is InChI=1S/C59H112O6/c1-4-7-10-13-16-19-22-25-27-28-29-30-31-33-34-37-40-43-46-49-52-58(61)64-55-56(54-63-57(60)51-48-45-42-39-36-24-21-18-15-12-9-6-3)65-59(62)53-50-47-44-41-38-35-32-26-23-20-17-14-11-8-5-2/h26,32,56H,4-25,27-31,33-55H2,1-3H3/b32-26-. The van der Waals surface area contributed by atoms with Gasteiger partial charge in [-0.25, -0.2) is 0 Å². The van der Waals surface area contributed by atoms with E-state index in [0.29, 0.717) is 19.3 Å². The molecule has 0 aliphatic carbocycles. The first-order valence-electron chi connectivity index (χ1n) is 29.2. The zero-order chi connectivity index (χ0) is 47.2. The quantitative estimate of drug-likeness (QED) is 0.0262. The maximum Gasteiger partial charge on any atom is 0.306 e. The van der Waals surface area contributed by atoms with E-state index < -0.39 is 6.10 Å². The highest BCUT2D eigenvalue weighted by molar-refractivity contribution is 5.71. The van der Waals surface area contributed by atoms with E-state index in [1.807, 2.05) is 0 Å². The van der Waals surface area contributed by atoms with Gasteiger partial charge in [-0.05, 0) is 44.9 Å². The van der Waals surface area contributed by atoms with Crippen LogP contribution in [-0.2, 0) is 28.6 Å². The average molecular weight is 918 g/mol. The summed E-state index contributed by atoms with van der Waals surface area (Å²) in [7, 11) is 0. The smallest absolute Gasteiger partial charge is 0.306 e. The van der Waals surface area contributed by atoms with Gasteiger partial charge in [0.15, 0.2) is 6.10 Å². The summed E-state index contributed by atoms with van der Waals surface area (Å²) in [5.41, 5.74) is 0. The van der Waals surface area contributed by atoms with Gasteiger partial charge >= 0.3 is 17.9 Å². The second kappa shape index (κ2) is 54.8. The fourth-order valence-electron chi connectivity index (χ4n) is 8.85. The van der Waals surface area contributed by atoms with E-state index in [1.165, 1.54) is 225 Å². The lowest BCUT2D eigenvalue weighted by atomic mass is 10.0. The number of hydrogen-bond acceptors (Lipinski definition) is 6. The van der Waals surface area contributed by atoms with E-state index in [9.17, 15) is 14.4 Å². The second-order valence-corrected chi connectivity index (χ2v) is 19.9. The Morgan fingerprint density at radius 1 is 0.292 bits per heavy atom. The van der Waals surface area contributed by atoms with Gasteiger partial charge in [0.2, 0.25) is 0 Å². The van der Waals surface area contributed by atoms with Crippen LogP contribution >= 0.6 is 0 Å². The topological polar surface area (TPSA) is 78.9 Å². The lowest BCUT2D eigenvalue weighted by Crippen LogP contribution is -2.30. The molecule has 0 aromatic rings. The molecular formula is C59H112O6. The van der Waals surface area contributed by atoms with Gasteiger partial charge in [0.1, 0.15) is 13.2 Å². The maximum absolute atomic E-state index is 12.8. The summed E-state index contributed by atoms with van der Waals surface area (Å²) in [5.74, 6) is -0.852. The molecule has 0 aliphatic heterocycles. The van der Waals surface area contributed by atoms with Crippen LogP contribution in [0.3, 0.4) is 0 Å². The summed E-state index contributed by atoms with van der Waals surface area (Å²) in [6.07, 6.45) is 62.0. The zero-order valence-electron chi connectivity index (χ0n) is 44.0. The van der Waals surface area contributed by atoms with Crippen LogP contribution in [0.25, 0.3) is 0 Å². The van der Waals surface area contributed by atoms with Crippen molar-refractivity contribution in [1.29, 1.82) is 0 Å². The minimum atomic E-state index is -0.768. The Balaban J connectivity index is 4.27. The normalized spacial score (nSPS) is 12.0. The maximum atomic E-state index is 12.8. The van der Waals surface area contributed by atoms with Gasteiger partial charge in [0, 0.05) is 19.3 Å². The molecule has 6 nitrogen and oxygen atoms in total. The SMILES string of the molecule is CCCCCCCC/C=C\CCCCCCCC(=O)OC(COC(=O)CCCCCCCCCCCCCC)COC(=O)CCCCCCCCCCCCCCCCCCCCCC. The first-order chi connectivity index (χ1) is 32.0. The van der Waals surface area contributed by atoms with Crippen molar-refractivity contribution in [2.24, 2.45) is 0 Å². The van der Waals surface area contributed by atoms with Crippen LogP contribution in [0.1, 0.15) is 329 Å². The highest BCUT2D eigenvalue weighted by Gasteiger charge is 2.19. The number of carbonyl (C=O) groups is 3. The molecule has 1 unspecified atom stereocenters. The Morgan fingerprint density at radius 2 is 0.508 bits per heavy atom. The summed E-state index contributed by atoms with van der Waals surface area (Å²) in [6, 6.07) is 0. The molecule has 0 aromatic carbocycles. The fourth-order valence-corrected chi connectivity index (χ4v) is 8.85. The molecule has 1 atom stereocenters. The van der Waals surface area contributed by atoms with Gasteiger partial charge in [-0.15, -0.1) is 0 Å². The van der Waals surface area contributed by atoms with Crippen molar-refractivity contribution in [2.45, 2.75) is 335 Å². The first-order valence-corrected chi connectivity index (χ1v) is 29.2. The largest absolute Gasteiger partial charge is 0.462 e. The summed E-state index contributed by atoms with van der Waals surface area (Å²) >= 11 is 0. The third kappa shape index (κ3) is 53.0. The zero-order valence-corrected chi connectivity index (χ0v) is 44.0. The van der Waals surface area contributed by atoms with Crippen LogP contribution in [-0.4, -0.2) is 37.2 Å². The predicted octanol–water partition coefficient (Wildman–Crippen LogP) is 19.3. The van der Waals surface area contributed by atoms with Crippen molar-refractivity contribution in [3.05, 3.63) is 12.2 Å². The first kappa shape index (κ1) is 63.1. The number of carbonyl (C=O) groups excluding carboxylic acids is 3. The van der Waals surface area contributed by atoms with Crippen LogP contribution < -0.4 is 0 Å². The average Bonchev–Trinajstić information content (AvgIpc) is 3.30. The molecule has 0 saturated carbocycles. The van der Waals surface area contributed by atoms with E-state index in [4.69, 9.17) is 14.2 Å². The lowest BCUT2D eigenvalue weighted by molar-refractivity contribution is -0.167. The lowest BCUT2D eigenvalue weighted by Gasteiger charge is -2.18. The van der Waals surface area contributed by atoms with Gasteiger partial charge in [0.25, 0.3) is 0 Å². The molecule has 0 rings (SSSR count). The molecule has 0 bridgehead atoms. The van der Waals surface area contributed by atoms with Crippen molar-refractivity contribution in [1.82, 2.24) is 0 Å². The van der Waals surface area contributed by atoms with E-state index in [1.54, 1.807) is 0 Å². The van der Waals surface area contributed by atoms with Crippen LogP contribution in [0, 0.1) is 0 Å². The molecular weight excluding hydrogens is 805 g/mol. The van der Waals surface area contributed by atoms with E-state index in [2.05, 4.69) is 32.9 Å². The van der Waals surface area contributed by atoms with E-state index in [0.717, 1.165) is 64.2 Å². The van der Waals surface area contributed by atoms with Gasteiger partial charge in [-0.1, -0.05) is 277 Å². The monoisotopic (exact) mass is 917 g/mol. The molecule has 0 aliphatic rings. The minimum absolute atomic E-state index is 0.0674. The predicted molar refractivity (Wildman–Crippen MR) is 280 cm³/mol. The number of rotatable bonds is 54. The summed E-state index contributed by atoms with van der Waals surface area (Å²) in [4.78, 5) is 38.1. The molecule has 0 amide bonds. The molecule has 0 N–H and O–H groups in total. The molecule has 0 saturated heterocycles. The summed E-state index contributed by atoms with van der Waals surface area (Å²) in [6.45, 7) is 6.68. The number of hydrogen-bond donors (Lipinski definition) is 0. The van der Waals surface area contributed by atoms with Crippen LogP contribution in [0.15, 0.2) is 12.2 Å². The van der Waals surface area contributed by atoms with E-state index in [-0.39, 0.29) is 31.1 Å². The fraction of sp³-hybridized carbons (Fsp3) is 0.915. The third-order valence-corrected chi connectivity index (χ3v) is 13.3. The van der Waals surface area contributed by atoms with Crippen molar-refractivity contribution >= 4 is 17.9 Å². The van der Waals surface area contributed by atoms with Crippen molar-refractivity contribution < 1.29 is 28.6 Å². The van der Waals surface area contributed by atoms with Crippen LogP contribution in [0.4, 0.5) is 0 Å². The number of allylic oxidation sites excluding steroid dienone is 2. The highest BCUT2D eigenvalue weighted by Crippen LogP contribution is 2.17. The molecule has 0 heterocycles. The van der Waals surface area contributed by atoms with Crippen molar-refractivity contribution in [3.63, 3.8) is 0 Å². The number of unbranched alkanes of at least 4 members (excludes halogenated alkanes) is 41. The molecule has 384 valence electrons. The van der Waals surface area contributed by atoms with Gasteiger partial charge in [-0.2, -0.15) is 0 Å². The Kier molecular flexibility index (Phi) is 53.2. The Labute approximate surface area is 405 Å². The van der Waals surface area contributed by atoms with E-state index >= 15 is 0 Å². The molecule has 6 heteroatoms. The molecule has 0 fully saturated rings. The summed E-state index contributed by atoms with van der Waals surface area (Å²) < 4.78 is 16.9.